The first-order valence-corrected chi connectivity index (χ1v) is 33.4. The Balaban J connectivity index is 4.27. The molecule has 0 radical (unpaired) electrons. The van der Waals surface area contributed by atoms with Gasteiger partial charge in [0.05, 0.1) is 27.7 Å². The van der Waals surface area contributed by atoms with Crippen molar-refractivity contribution in [1.29, 1.82) is 0 Å². The molecule has 0 aliphatic heterocycles. The lowest BCUT2D eigenvalue weighted by atomic mass is 10.0. The van der Waals surface area contributed by atoms with E-state index >= 15 is 0 Å². The average Bonchev–Trinajstić information content (AvgIpc) is 3.46. The van der Waals surface area contributed by atoms with Crippen molar-refractivity contribution in [2.75, 3.05) is 47.5 Å². The van der Waals surface area contributed by atoms with Crippen LogP contribution in [-0.4, -0.2) is 74.9 Å². The van der Waals surface area contributed by atoms with Crippen molar-refractivity contribution >= 4 is 19.8 Å². The number of phosphoric acid groups is 1. The van der Waals surface area contributed by atoms with Gasteiger partial charge in [-0.2, -0.15) is 0 Å². The Morgan fingerprint density at radius 3 is 1.00 bits per heavy atom. The lowest BCUT2D eigenvalue weighted by Gasteiger charge is -2.24. The Labute approximate surface area is 502 Å². The number of carbonyl (C=O) groups excluding carboxylic acids is 2. The largest absolute Gasteiger partial charge is 0.472 e. The SMILES string of the molecule is CC/C=C\C/C=C\C/C=C\C/C=C\C/C=C\C/C=C\C/C=C\C/C=C\C/C=C\C/C=C\CCCCC(=O)OC(COC(=O)CCCCCCCCCCCCCC/C=C\C/C=C\C/C=C\C/C=C\CC)COP(=O)(O)OCC[N+](C)(C)C. The van der Waals surface area contributed by atoms with E-state index in [2.05, 4.69) is 184 Å². The number of quaternary nitrogens is 1. The second-order valence-corrected chi connectivity index (χ2v) is 23.1. The van der Waals surface area contributed by atoms with Gasteiger partial charge in [-0.1, -0.05) is 248 Å². The van der Waals surface area contributed by atoms with E-state index in [1.807, 2.05) is 21.1 Å². The lowest BCUT2D eigenvalue weighted by molar-refractivity contribution is -0.870. The number of ether oxygens (including phenoxy) is 2. The van der Waals surface area contributed by atoms with Crippen LogP contribution in [0.3, 0.4) is 0 Å². The Morgan fingerprint density at radius 1 is 0.378 bits per heavy atom. The van der Waals surface area contributed by atoms with Gasteiger partial charge in [0.15, 0.2) is 6.10 Å². The van der Waals surface area contributed by atoms with Crippen LogP contribution in [0, 0.1) is 0 Å². The summed E-state index contributed by atoms with van der Waals surface area (Å²) in [6.07, 6.45) is 92.9. The molecule has 10 heteroatoms. The van der Waals surface area contributed by atoms with E-state index in [1.165, 1.54) is 57.8 Å². The Kier molecular flexibility index (Phi) is 57.5. The molecule has 0 rings (SSSR count). The molecule has 0 saturated carbocycles. The maximum absolute atomic E-state index is 12.8. The van der Waals surface area contributed by atoms with E-state index in [4.69, 9.17) is 18.5 Å². The molecular formula is C72H117NO8P+. The van der Waals surface area contributed by atoms with E-state index in [1.54, 1.807) is 0 Å². The van der Waals surface area contributed by atoms with E-state index < -0.39 is 26.5 Å². The molecule has 0 aromatic heterocycles. The highest BCUT2D eigenvalue weighted by atomic mass is 31.2. The van der Waals surface area contributed by atoms with E-state index in [0.717, 1.165) is 128 Å². The second-order valence-electron chi connectivity index (χ2n) is 21.7. The minimum absolute atomic E-state index is 0.0130. The van der Waals surface area contributed by atoms with E-state index in [0.29, 0.717) is 17.4 Å². The third kappa shape index (κ3) is 64.5. The fourth-order valence-electron chi connectivity index (χ4n) is 7.92. The zero-order valence-corrected chi connectivity index (χ0v) is 53.3. The van der Waals surface area contributed by atoms with Crippen LogP contribution in [0.1, 0.15) is 219 Å². The third-order valence-corrected chi connectivity index (χ3v) is 13.7. The molecule has 0 aromatic carbocycles. The van der Waals surface area contributed by atoms with Gasteiger partial charge in [0.25, 0.3) is 0 Å². The Bertz CT molecular complexity index is 1990. The van der Waals surface area contributed by atoms with E-state index in [-0.39, 0.29) is 32.0 Å². The molecule has 0 amide bonds. The summed E-state index contributed by atoms with van der Waals surface area (Å²) >= 11 is 0. The summed E-state index contributed by atoms with van der Waals surface area (Å²) in [6.45, 7) is 4.13. The van der Waals surface area contributed by atoms with Gasteiger partial charge in [-0.05, 0) is 128 Å². The quantitative estimate of drug-likeness (QED) is 0.0211. The van der Waals surface area contributed by atoms with Crippen molar-refractivity contribution in [3.05, 3.63) is 170 Å². The van der Waals surface area contributed by atoms with Crippen LogP contribution >= 0.6 is 7.82 Å². The van der Waals surface area contributed by atoms with Crippen molar-refractivity contribution in [2.24, 2.45) is 0 Å². The summed E-state index contributed by atoms with van der Waals surface area (Å²) in [6, 6.07) is 0. The second kappa shape index (κ2) is 60.9. The predicted octanol–water partition coefficient (Wildman–Crippen LogP) is 20.6. The molecule has 9 nitrogen and oxygen atoms in total. The minimum Gasteiger partial charge on any atom is -0.462 e. The average molecular weight is 1160 g/mol. The van der Waals surface area contributed by atoms with Crippen LogP contribution in [-0.2, 0) is 32.7 Å². The van der Waals surface area contributed by atoms with Crippen molar-refractivity contribution in [1.82, 2.24) is 0 Å². The smallest absolute Gasteiger partial charge is 0.462 e. The topological polar surface area (TPSA) is 108 Å². The molecule has 0 saturated heterocycles. The number of likely N-dealkylation sites (N-methyl/N-ethyl adjacent to an activating group) is 1. The zero-order chi connectivity index (χ0) is 59.8. The lowest BCUT2D eigenvalue weighted by Crippen LogP contribution is -2.37. The molecule has 0 heterocycles. The van der Waals surface area contributed by atoms with Gasteiger partial charge in [0.1, 0.15) is 19.8 Å². The van der Waals surface area contributed by atoms with Gasteiger partial charge in [0.2, 0.25) is 0 Å². The highest BCUT2D eigenvalue weighted by molar-refractivity contribution is 7.47. The van der Waals surface area contributed by atoms with Crippen molar-refractivity contribution < 1.29 is 42.1 Å². The summed E-state index contributed by atoms with van der Waals surface area (Å²) in [5.41, 5.74) is 0. The van der Waals surface area contributed by atoms with Crippen LogP contribution in [0.2, 0.25) is 0 Å². The number of rotatable bonds is 56. The van der Waals surface area contributed by atoms with Crippen LogP contribution in [0.4, 0.5) is 0 Å². The van der Waals surface area contributed by atoms with E-state index in [9.17, 15) is 19.0 Å². The van der Waals surface area contributed by atoms with Crippen LogP contribution in [0.25, 0.3) is 0 Å². The summed E-state index contributed by atoms with van der Waals surface area (Å²) in [5, 5.41) is 0. The van der Waals surface area contributed by atoms with Crippen molar-refractivity contribution in [3.63, 3.8) is 0 Å². The van der Waals surface area contributed by atoms with Crippen molar-refractivity contribution in [2.45, 2.75) is 225 Å². The first-order chi connectivity index (χ1) is 40.0. The molecule has 462 valence electrons. The normalized spacial score (nSPS) is 14.4. The van der Waals surface area contributed by atoms with Crippen LogP contribution in [0.5, 0.6) is 0 Å². The number of hydrogen-bond acceptors (Lipinski definition) is 7. The predicted molar refractivity (Wildman–Crippen MR) is 353 cm³/mol. The first kappa shape index (κ1) is 77.4. The molecule has 2 unspecified atom stereocenters. The van der Waals surface area contributed by atoms with Gasteiger partial charge in [-0.25, -0.2) is 4.57 Å². The molecule has 0 aliphatic carbocycles. The maximum Gasteiger partial charge on any atom is 0.472 e. The van der Waals surface area contributed by atoms with Crippen molar-refractivity contribution in [3.8, 4) is 0 Å². The fraction of sp³-hybridized carbons (Fsp3) is 0.583. The number of unbranched alkanes of at least 4 members (excludes halogenated alkanes) is 14. The number of hydrogen-bond donors (Lipinski definition) is 1. The number of esters is 2. The van der Waals surface area contributed by atoms with Crippen LogP contribution < -0.4 is 0 Å². The van der Waals surface area contributed by atoms with Gasteiger partial charge in [0, 0.05) is 12.8 Å². The molecule has 82 heavy (non-hydrogen) atoms. The van der Waals surface area contributed by atoms with Gasteiger partial charge >= 0.3 is 19.8 Å². The molecule has 0 aromatic rings. The molecule has 0 spiro atoms. The minimum atomic E-state index is -4.42. The zero-order valence-electron chi connectivity index (χ0n) is 52.4. The number of nitrogens with zero attached hydrogens (tertiary/aromatic N) is 1. The molecule has 0 aliphatic rings. The molecule has 1 N–H and O–H groups in total. The van der Waals surface area contributed by atoms with Crippen LogP contribution in [0.15, 0.2) is 170 Å². The highest BCUT2D eigenvalue weighted by Gasteiger charge is 2.27. The number of allylic oxidation sites excluding steroid dienone is 28. The number of phosphoric ester groups is 1. The summed E-state index contributed by atoms with van der Waals surface area (Å²) < 4.78 is 34.6. The monoisotopic (exact) mass is 1150 g/mol. The molecular weight excluding hydrogens is 1040 g/mol. The molecule has 2 atom stereocenters. The number of carbonyl (C=O) groups is 2. The summed E-state index contributed by atoms with van der Waals surface area (Å²) in [4.78, 5) is 35.8. The van der Waals surface area contributed by atoms with Gasteiger partial charge in [-0.3, -0.25) is 18.6 Å². The summed E-state index contributed by atoms with van der Waals surface area (Å²) in [5.74, 6) is -0.863. The standard InChI is InChI=1S/C72H116NO8P/c1-6-8-10-12-14-16-18-20-22-24-26-28-30-32-33-34-35-36-37-38-39-41-43-45-47-49-51-53-55-57-59-61-63-65-72(75)81-70(69-80-82(76,77)79-67-66-73(3,4)5)68-78-71(74)64-62-60-58-56-54-52-50-48-46-44-42-40-31-29-27-25-23-21-19-17-15-13-11-9-7-2/h8-11,14-17,20-23,26-29,32-33,35-36,38-39,43,45,49,51,55,57,70H,6-7,12-13,18-19,24-25,30-31,34,37,40-42,44,46-48,50,52-54,56,58-69H2,1-5H3/p+1/b10-8-,11-9-,16-14-,17-15-,22-20-,23-21-,28-26-,29-27-,33-32-,36-35-,39-38-,45-43-,51-49-,57-55-. The molecule has 0 bridgehead atoms. The molecule has 0 fully saturated rings. The summed E-state index contributed by atoms with van der Waals surface area (Å²) in [7, 11) is 1.42. The Hall–Kier alpha value is -4.63. The first-order valence-electron chi connectivity index (χ1n) is 31.9. The fourth-order valence-corrected chi connectivity index (χ4v) is 8.66. The Morgan fingerprint density at radius 2 is 0.659 bits per heavy atom. The highest BCUT2D eigenvalue weighted by Crippen LogP contribution is 2.43. The van der Waals surface area contributed by atoms with Gasteiger partial charge in [-0.15, -0.1) is 0 Å². The van der Waals surface area contributed by atoms with Gasteiger partial charge < -0.3 is 18.9 Å². The maximum atomic E-state index is 12.8. The third-order valence-electron chi connectivity index (χ3n) is 12.7.